The van der Waals surface area contributed by atoms with E-state index in [1.54, 1.807) is 0 Å². The van der Waals surface area contributed by atoms with Crippen LogP contribution in [0, 0.1) is 17.6 Å². The van der Waals surface area contributed by atoms with Gasteiger partial charge in [-0.1, -0.05) is 12.2 Å². The maximum absolute atomic E-state index is 13.9. The van der Waals surface area contributed by atoms with Crippen LogP contribution < -0.4 is 11.1 Å². The summed E-state index contributed by atoms with van der Waals surface area (Å²) >= 11 is 4.73. The number of anilines is 1. The van der Waals surface area contributed by atoms with E-state index in [9.17, 15) is 8.78 Å². The highest BCUT2D eigenvalue weighted by molar-refractivity contribution is 7.80. The number of benzene rings is 1. The van der Waals surface area contributed by atoms with E-state index in [-0.39, 0.29) is 16.2 Å². The molecule has 1 fully saturated rings. The fourth-order valence-corrected chi connectivity index (χ4v) is 2.75. The zero-order valence-corrected chi connectivity index (χ0v) is 13.1. The summed E-state index contributed by atoms with van der Waals surface area (Å²) < 4.78 is 27.8. The molecular weight excluding hydrogens is 292 g/mol. The number of likely N-dealkylation sites (tertiary alicyclic amines) is 1. The summed E-state index contributed by atoms with van der Waals surface area (Å²) in [4.78, 5) is 2.36. The molecule has 3 N–H and O–H groups in total. The van der Waals surface area contributed by atoms with Crippen molar-refractivity contribution in [3.63, 3.8) is 0 Å². The number of halogens is 2. The van der Waals surface area contributed by atoms with E-state index in [0.29, 0.717) is 18.5 Å². The third kappa shape index (κ3) is 3.89. The van der Waals surface area contributed by atoms with E-state index in [1.165, 1.54) is 12.1 Å². The monoisotopic (exact) mass is 313 g/mol. The number of nitrogens with two attached hydrogens (primary N) is 1. The molecule has 0 saturated carbocycles. The molecule has 1 heterocycles. The second-order valence-corrected chi connectivity index (χ2v) is 6.24. The Morgan fingerprint density at radius 1 is 1.43 bits per heavy atom. The average Bonchev–Trinajstić information content (AvgIpc) is 2.86. The minimum absolute atomic E-state index is 0.0114. The van der Waals surface area contributed by atoms with Crippen LogP contribution in [0.25, 0.3) is 0 Å². The highest BCUT2D eigenvalue weighted by Crippen LogP contribution is 2.23. The summed E-state index contributed by atoms with van der Waals surface area (Å²) in [5.41, 5.74) is 5.50. The number of hydrogen-bond acceptors (Lipinski definition) is 3. The van der Waals surface area contributed by atoms with Gasteiger partial charge in [0.2, 0.25) is 0 Å². The van der Waals surface area contributed by atoms with Gasteiger partial charge in [0.15, 0.2) is 0 Å². The van der Waals surface area contributed by atoms with Crippen molar-refractivity contribution < 1.29 is 8.78 Å². The molecule has 0 bridgehead atoms. The lowest BCUT2D eigenvalue weighted by molar-refractivity contribution is 0.266. The van der Waals surface area contributed by atoms with Crippen molar-refractivity contribution in [2.45, 2.75) is 26.3 Å². The van der Waals surface area contributed by atoms with Gasteiger partial charge in [0.1, 0.15) is 22.3 Å². The molecule has 1 aliphatic heterocycles. The van der Waals surface area contributed by atoms with Gasteiger partial charge in [-0.15, -0.1) is 0 Å². The van der Waals surface area contributed by atoms with Crippen LogP contribution in [0.2, 0.25) is 0 Å². The zero-order valence-electron chi connectivity index (χ0n) is 12.3. The molecule has 116 valence electrons. The van der Waals surface area contributed by atoms with Gasteiger partial charge in [-0.25, -0.2) is 8.78 Å². The summed E-state index contributed by atoms with van der Waals surface area (Å²) in [6.07, 6.45) is 1.04. The van der Waals surface area contributed by atoms with Gasteiger partial charge in [0.05, 0.1) is 0 Å². The van der Waals surface area contributed by atoms with Crippen molar-refractivity contribution in [1.82, 2.24) is 4.90 Å². The third-order valence-corrected chi connectivity index (χ3v) is 4.18. The van der Waals surface area contributed by atoms with E-state index < -0.39 is 11.6 Å². The summed E-state index contributed by atoms with van der Waals surface area (Å²) in [7, 11) is 0. The third-order valence-electron chi connectivity index (χ3n) is 3.94. The van der Waals surface area contributed by atoms with Crippen LogP contribution in [-0.2, 0) is 0 Å². The van der Waals surface area contributed by atoms with Gasteiger partial charge in [-0.2, -0.15) is 0 Å². The van der Waals surface area contributed by atoms with E-state index in [1.807, 2.05) is 0 Å². The number of nitrogens with zero attached hydrogens (tertiary/aromatic N) is 1. The van der Waals surface area contributed by atoms with E-state index in [0.717, 1.165) is 19.5 Å². The first-order chi connectivity index (χ1) is 9.88. The van der Waals surface area contributed by atoms with Gasteiger partial charge in [0, 0.05) is 24.7 Å². The van der Waals surface area contributed by atoms with Crippen LogP contribution in [0.4, 0.5) is 14.5 Å². The van der Waals surface area contributed by atoms with Gasteiger partial charge in [-0.3, -0.25) is 0 Å². The fourth-order valence-electron chi connectivity index (χ4n) is 2.63. The smallest absolute Gasteiger partial charge is 0.150 e. The molecule has 0 spiro atoms. The highest BCUT2D eigenvalue weighted by atomic mass is 32.1. The highest BCUT2D eigenvalue weighted by Gasteiger charge is 2.24. The maximum atomic E-state index is 13.9. The molecule has 1 aromatic carbocycles. The average molecular weight is 313 g/mol. The standard InChI is InChI=1S/C15H21F2N3S/c1-9(2)20-4-3-10(8-20)7-19-14-12(16)5-11(15(18)21)6-13(14)17/h5-6,9-10,19H,3-4,7-8H2,1-2H3,(H2,18,21). The van der Waals surface area contributed by atoms with Gasteiger partial charge >= 0.3 is 0 Å². The normalized spacial score (nSPS) is 19.2. The Morgan fingerprint density at radius 3 is 2.52 bits per heavy atom. The molecule has 6 heteroatoms. The summed E-state index contributed by atoms with van der Waals surface area (Å²) in [6, 6.07) is 2.85. The molecule has 0 aliphatic carbocycles. The van der Waals surface area contributed by atoms with E-state index in [2.05, 4.69) is 24.1 Å². The molecule has 21 heavy (non-hydrogen) atoms. The SMILES string of the molecule is CC(C)N1CCC(CNc2c(F)cc(C(N)=S)cc2F)C1. The Bertz CT molecular complexity index is 511. The van der Waals surface area contributed by atoms with Crippen LogP contribution >= 0.6 is 12.2 Å². The molecule has 2 rings (SSSR count). The fraction of sp³-hybridized carbons (Fsp3) is 0.533. The molecule has 0 radical (unpaired) electrons. The minimum Gasteiger partial charge on any atom is -0.389 e. The van der Waals surface area contributed by atoms with Crippen LogP contribution in [-0.4, -0.2) is 35.6 Å². The van der Waals surface area contributed by atoms with Gasteiger partial charge in [0.25, 0.3) is 0 Å². The largest absolute Gasteiger partial charge is 0.389 e. The number of hydrogen-bond donors (Lipinski definition) is 2. The predicted octanol–water partition coefficient (Wildman–Crippen LogP) is 2.74. The van der Waals surface area contributed by atoms with Crippen molar-refractivity contribution in [3.05, 3.63) is 29.3 Å². The Kier molecular flexibility index (Phi) is 5.11. The number of thiocarbonyl (C=S) groups is 1. The molecule has 0 aromatic heterocycles. The van der Waals surface area contributed by atoms with Crippen molar-refractivity contribution in [2.75, 3.05) is 25.0 Å². The Balaban J connectivity index is 1.99. The zero-order chi connectivity index (χ0) is 15.6. The topological polar surface area (TPSA) is 41.3 Å². The summed E-state index contributed by atoms with van der Waals surface area (Å²) in [5.74, 6) is -0.908. The Morgan fingerprint density at radius 2 is 2.05 bits per heavy atom. The first kappa shape index (κ1) is 16.1. The van der Waals surface area contributed by atoms with Crippen LogP contribution in [0.1, 0.15) is 25.8 Å². The summed E-state index contributed by atoms with van der Waals surface area (Å²) in [6.45, 7) is 6.87. The number of rotatable bonds is 5. The van der Waals surface area contributed by atoms with E-state index in [4.69, 9.17) is 18.0 Å². The quantitative estimate of drug-likeness (QED) is 0.820. The molecule has 1 unspecified atom stereocenters. The van der Waals surface area contributed by atoms with Crippen LogP contribution in [0.5, 0.6) is 0 Å². The number of nitrogens with one attached hydrogen (secondary N) is 1. The van der Waals surface area contributed by atoms with Crippen molar-refractivity contribution in [3.8, 4) is 0 Å². The minimum atomic E-state index is -0.656. The summed E-state index contributed by atoms with van der Waals surface area (Å²) in [5, 5.41) is 2.89. The van der Waals surface area contributed by atoms with Gasteiger partial charge in [-0.05, 0) is 44.9 Å². The van der Waals surface area contributed by atoms with Crippen LogP contribution in [0.15, 0.2) is 12.1 Å². The molecular formula is C15H21F2N3S. The Hall–Kier alpha value is -1.27. The van der Waals surface area contributed by atoms with Crippen molar-refractivity contribution in [1.29, 1.82) is 0 Å². The predicted molar refractivity (Wildman–Crippen MR) is 85.6 cm³/mol. The van der Waals surface area contributed by atoms with Crippen LogP contribution in [0.3, 0.4) is 0 Å². The lowest BCUT2D eigenvalue weighted by atomic mass is 10.1. The molecule has 1 saturated heterocycles. The van der Waals surface area contributed by atoms with Crippen molar-refractivity contribution >= 4 is 22.9 Å². The lowest BCUT2D eigenvalue weighted by Crippen LogP contribution is -2.29. The molecule has 1 aliphatic rings. The molecule has 1 aromatic rings. The van der Waals surface area contributed by atoms with E-state index >= 15 is 0 Å². The van der Waals surface area contributed by atoms with Gasteiger partial charge < -0.3 is 16.0 Å². The maximum Gasteiger partial charge on any atom is 0.150 e. The first-order valence-corrected chi connectivity index (χ1v) is 7.56. The second kappa shape index (κ2) is 6.66. The second-order valence-electron chi connectivity index (χ2n) is 5.80. The first-order valence-electron chi connectivity index (χ1n) is 7.15. The molecule has 3 nitrogen and oxygen atoms in total. The lowest BCUT2D eigenvalue weighted by Gasteiger charge is -2.20. The molecule has 0 amide bonds. The van der Waals surface area contributed by atoms with Crippen molar-refractivity contribution in [2.24, 2.45) is 11.7 Å². The molecule has 1 atom stereocenters. The Labute approximate surface area is 129 Å².